The third kappa shape index (κ3) is 4.67. The Kier molecular flexibility index (Phi) is 6.83. The predicted molar refractivity (Wildman–Crippen MR) is 118 cm³/mol. The first-order valence-electron chi connectivity index (χ1n) is 8.96. The Bertz CT molecular complexity index is 1170. The Hall–Kier alpha value is -3.64. The van der Waals surface area contributed by atoms with Gasteiger partial charge in [0.15, 0.2) is 11.5 Å². The maximum atomic E-state index is 12.3. The molecule has 0 aliphatic carbocycles. The number of hydrogen-bond acceptors (Lipinski definition) is 7. The van der Waals surface area contributed by atoms with E-state index in [1.54, 1.807) is 37.6 Å². The van der Waals surface area contributed by atoms with E-state index < -0.39 is 5.56 Å². The third-order valence-corrected chi connectivity index (χ3v) is 4.72. The summed E-state index contributed by atoms with van der Waals surface area (Å²) in [4.78, 5) is 19.2. The molecular formula is C21H18BrN5O3. The molecule has 9 heteroatoms. The van der Waals surface area contributed by atoms with Crippen molar-refractivity contribution in [2.24, 2.45) is 5.10 Å². The topological polar surface area (TPSA) is 112 Å². The zero-order chi connectivity index (χ0) is 21.5. The van der Waals surface area contributed by atoms with Gasteiger partial charge in [-0.1, -0.05) is 30.3 Å². The lowest BCUT2D eigenvalue weighted by Crippen LogP contribution is -2.16. The second kappa shape index (κ2) is 9.71. The lowest BCUT2D eigenvalue weighted by molar-refractivity contribution is 0.311. The van der Waals surface area contributed by atoms with E-state index in [4.69, 9.17) is 9.47 Å². The normalized spacial score (nSPS) is 10.6. The van der Waals surface area contributed by atoms with E-state index in [2.05, 4.69) is 36.4 Å². The van der Waals surface area contributed by atoms with Crippen LogP contribution in [0.3, 0.4) is 0 Å². The second-order valence-corrected chi connectivity index (χ2v) is 6.80. The van der Waals surface area contributed by atoms with E-state index in [0.29, 0.717) is 23.7 Å². The first kappa shape index (κ1) is 21.1. The number of aromatic nitrogens is 2. The number of H-pyrrole nitrogens is 1. The van der Waals surface area contributed by atoms with E-state index in [0.717, 1.165) is 10.0 Å². The first-order valence-corrected chi connectivity index (χ1v) is 9.76. The lowest BCUT2D eigenvalue weighted by atomic mass is 10.1. The quantitative estimate of drug-likeness (QED) is 0.402. The molecule has 2 N–H and O–H groups in total. The SMILES string of the molecule is CCOc1cc(C=NNc2nc(-c3ccccc3)c(C#N)c(=O)[nH]2)c(Br)cc1OC. The van der Waals surface area contributed by atoms with Gasteiger partial charge in [0.1, 0.15) is 11.6 Å². The summed E-state index contributed by atoms with van der Waals surface area (Å²) in [5.74, 6) is 1.30. The van der Waals surface area contributed by atoms with Crippen molar-refractivity contribution in [2.45, 2.75) is 6.92 Å². The van der Waals surface area contributed by atoms with Gasteiger partial charge in [-0.05, 0) is 35.0 Å². The number of methoxy groups -OCH3 is 1. The molecule has 0 spiro atoms. The molecule has 1 heterocycles. The fourth-order valence-corrected chi connectivity index (χ4v) is 3.10. The number of benzene rings is 2. The zero-order valence-corrected chi connectivity index (χ0v) is 17.9. The number of anilines is 1. The molecule has 0 unspecified atom stereocenters. The Morgan fingerprint density at radius 1 is 1.30 bits per heavy atom. The van der Waals surface area contributed by atoms with Gasteiger partial charge in [0.05, 0.1) is 25.6 Å². The van der Waals surface area contributed by atoms with Gasteiger partial charge in [-0.15, -0.1) is 0 Å². The number of halogens is 1. The molecule has 2 aromatic carbocycles. The van der Waals surface area contributed by atoms with E-state index >= 15 is 0 Å². The number of ether oxygens (including phenoxy) is 2. The minimum Gasteiger partial charge on any atom is -0.493 e. The van der Waals surface area contributed by atoms with Gasteiger partial charge >= 0.3 is 0 Å². The maximum absolute atomic E-state index is 12.3. The molecule has 0 atom stereocenters. The van der Waals surface area contributed by atoms with Crippen LogP contribution in [0.4, 0.5) is 5.95 Å². The van der Waals surface area contributed by atoms with Crippen molar-refractivity contribution in [2.75, 3.05) is 19.1 Å². The van der Waals surface area contributed by atoms with Crippen LogP contribution in [-0.4, -0.2) is 29.9 Å². The molecule has 0 aliphatic heterocycles. The van der Waals surface area contributed by atoms with Crippen LogP contribution in [0.2, 0.25) is 0 Å². The Morgan fingerprint density at radius 2 is 2.07 bits per heavy atom. The largest absolute Gasteiger partial charge is 0.493 e. The van der Waals surface area contributed by atoms with Crippen LogP contribution in [0.25, 0.3) is 11.3 Å². The summed E-state index contributed by atoms with van der Waals surface area (Å²) in [6.07, 6.45) is 1.55. The summed E-state index contributed by atoms with van der Waals surface area (Å²) in [6.45, 7) is 2.37. The standard InChI is InChI=1S/C21H18BrN5O3/c1-3-30-18-9-14(16(22)10-17(18)29-2)12-24-27-21-25-19(13-7-5-4-6-8-13)15(11-23)20(28)26-21/h4-10,12H,3H2,1-2H3,(H2,25,26,27,28). The number of nitrogens with one attached hydrogen (secondary N) is 2. The molecule has 8 nitrogen and oxygen atoms in total. The molecule has 1 aromatic heterocycles. The third-order valence-electron chi connectivity index (χ3n) is 4.04. The number of nitrogens with zero attached hydrogens (tertiary/aromatic N) is 3. The zero-order valence-electron chi connectivity index (χ0n) is 16.3. The van der Waals surface area contributed by atoms with E-state index in [1.165, 1.54) is 0 Å². The Labute approximate surface area is 181 Å². The maximum Gasteiger partial charge on any atom is 0.270 e. The summed E-state index contributed by atoms with van der Waals surface area (Å²) in [7, 11) is 1.57. The minimum atomic E-state index is -0.548. The molecule has 0 saturated carbocycles. The number of hydrazone groups is 1. The fraction of sp³-hybridized carbons (Fsp3) is 0.143. The highest BCUT2D eigenvalue weighted by Gasteiger charge is 2.13. The van der Waals surface area contributed by atoms with Gasteiger partial charge in [0.2, 0.25) is 5.95 Å². The molecule has 152 valence electrons. The minimum absolute atomic E-state index is 0.0602. The molecule has 0 aliphatic rings. The van der Waals surface area contributed by atoms with Gasteiger partial charge in [-0.3, -0.25) is 9.78 Å². The molecule has 0 amide bonds. The average Bonchev–Trinajstić information content (AvgIpc) is 2.76. The van der Waals surface area contributed by atoms with Crippen LogP contribution in [0, 0.1) is 11.3 Å². The Balaban J connectivity index is 1.90. The smallest absolute Gasteiger partial charge is 0.270 e. The number of nitriles is 1. The number of aromatic amines is 1. The van der Waals surface area contributed by atoms with E-state index in [1.807, 2.05) is 31.2 Å². The van der Waals surface area contributed by atoms with E-state index in [9.17, 15) is 10.1 Å². The van der Waals surface area contributed by atoms with Crippen molar-refractivity contribution < 1.29 is 9.47 Å². The highest BCUT2D eigenvalue weighted by Crippen LogP contribution is 2.32. The average molecular weight is 468 g/mol. The van der Waals surface area contributed by atoms with Crippen LogP contribution in [0.15, 0.2) is 56.8 Å². The highest BCUT2D eigenvalue weighted by molar-refractivity contribution is 9.10. The van der Waals surface area contributed by atoms with Crippen molar-refractivity contribution in [1.29, 1.82) is 5.26 Å². The van der Waals surface area contributed by atoms with Crippen LogP contribution in [-0.2, 0) is 0 Å². The highest BCUT2D eigenvalue weighted by atomic mass is 79.9. The van der Waals surface area contributed by atoms with Crippen LogP contribution >= 0.6 is 15.9 Å². The van der Waals surface area contributed by atoms with Crippen LogP contribution in [0.1, 0.15) is 18.1 Å². The number of rotatable bonds is 7. The first-order chi connectivity index (χ1) is 14.6. The van der Waals surface area contributed by atoms with Crippen molar-refractivity contribution in [1.82, 2.24) is 9.97 Å². The molecule has 3 aromatic rings. The fourth-order valence-electron chi connectivity index (χ4n) is 2.68. The van der Waals surface area contributed by atoms with Gasteiger partial charge in [0, 0.05) is 15.6 Å². The summed E-state index contributed by atoms with van der Waals surface area (Å²) in [5.41, 5.74) is 3.76. The summed E-state index contributed by atoms with van der Waals surface area (Å²) in [6, 6.07) is 14.5. The molecular weight excluding hydrogens is 450 g/mol. The van der Waals surface area contributed by atoms with Gasteiger partial charge < -0.3 is 9.47 Å². The van der Waals surface area contributed by atoms with Crippen molar-refractivity contribution in [3.8, 4) is 28.8 Å². The molecule has 0 bridgehead atoms. The van der Waals surface area contributed by atoms with Crippen molar-refractivity contribution in [3.63, 3.8) is 0 Å². The van der Waals surface area contributed by atoms with Gasteiger partial charge in [-0.2, -0.15) is 10.4 Å². The van der Waals surface area contributed by atoms with Gasteiger partial charge in [-0.25, -0.2) is 10.4 Å². The Morgan fingerprint density at radius 3 is 2.73 bits per heavy atom. The molecule has 3 rings (SSSR count). The van der Waals surface area contributed by atoms with Crippen molar-refractivity contribution in [3.05, 3.63) is 68.4 Å². The summed E-state index contributed by atoms with van der Waals surface area (Å²) < 4.78 is 11.6. The molecule has 0 saturated heterocycles. The van der Waals surface area contributed by atoms with Gasteiger partial charge in [0.25, 0.3) is 5.56 Å². The predicted octanol–water partition coefficient (Wildman–Crippen LogP) is 3.92. The van der Waals surface area contributed by atoms with E-state index in [-0.39, 0.29) is 17.2 Å². The summed E-state index contributed by atoms with van der Waals surface area (Å²) in [5, 5.41) is 13.5. The number of hydrogen-bond donors (Lipinski definition) is 2. The summed E-state index contributed by atoms with van der Waals surface area (Å²) >= 11 is 3.47. The van der Waals surface area contributed by atoms with Crippen LogP contribution < -0.4 is 20.5 Å². The van der Waals surface area contributed by atoms with Crippen LogP contribution in [0.5, 0.6) is 11.5 Å². The van der Waals surface area contributed by atoms with Crippen molar-refractivity contribution >= 4 is 28.1 Å². The lowest BCUT2D eigenvalue weighted by Gasteiger charge is -2.11. The molecule has 0 radical (unpaired) electrons. The molecule has 0 fully saturated rings. The monoisotopic (exact) mass is 467 g/mol. The second-order valence-electron chi connectivity index (χ2n) is 5.94. The molecule has 30 heavy (non-hydrogen) atoms.